The molecule has 0 aromatic heterocycles. The van der Waals surface area contributed by atoms with Crippen molar-refractivity contribution < 1.29 is 22.6 Å². The van der Waals surface area contributed by atoms with E-state index in [0.717, 1.165) is 0 Å². The van der Waals surface area contributed by atoms with Crippen molar-refractivity contribution in [2.24, 2.45) is 5.73 Å². The molecule has 1 aliphatic carbocycles. The summed E-state index contributed by atoms with van der Waals surface area (Å²) in [7, 11) is 1.45. The monoisotopic (exact) mass is 255 g/mol. The molecular weight excluding hydrogens is 235 g/mol. The second-order valence-electron chi connectivity index (χ2n) is 4.69. The number of hydrogen-bond acceptors (Lipinski definition) is 3. The SMILES string of the molecule is COC(C)CO[C@]1(C(F)(F)F)CC[C@@H](N)CC1. The Balaban J connectivity index is 2.67. The number of ether oxygens (including phenoxy) is 2. The molecule has 0 amide bonds. The van der Waals surface area contributed by atoms with Crippen LogP contribution in [0.25, 0.3) is 0 Å². The van der Waals surface area contributed by atoms with Gasteiger partial charge < -0.3 is 15.2 Å². The topological polar surface area (TPSA) is 44.5 Å². The molecule has 1 fully saturated rings. The Hall–Kier alpha value is -0.330. The third-order valence-electron chi connectivity index (χ3n) is 3.35. The minimum Gasteiger partial charge on any atom is -0.379 e. The van der Waals surface area contributed by atoms with Crippen LogP contribution in [0, 0.1) is 0 Å². The third kappa shape index (κ3) is 3.56. The number of nitrogens with two attached hydrogens (primary N) is 1. The summed E-state index contributed by atoms with van der Waals surface area (Å²) in [5.74, 6) is 0. The smallest absolute Gasteiger partial charge is 0.379 e. The van der Waals surface area contributed by atoms with Crippen molar-refractivity contribution in [1.82, 2.24) is 0 Å². The Kier molecular flexibility index (Phi) is 4.80. The molecule has 1 saturated carbocycles. The van der Waals surface area contributed by atoms with Gasteiger partial charge in [-0.2, -0.15) is 13.2 Å². The van der Waals surface area contributed by atoms with Gasteiger partial charge in [0.05, 0.1) is 12.7 Å². The van der Waals surface area contributed by atoms with E-state index in [9.17, 15) is 13.2 Å². The van der Waals surface area contributed by atoms with Gasteiger partial charge in [0, 0.05) is 13.2 Å². The van der Waals surface area contributed by atoms with Crippen LogP contribution in [0.2, 0.25) is 0 Å². The summed E-state index contributed by atoms with van der Waals surface area (Å²) >= 11 is 0. The van der Waals surface area contributed by atoms with Crippen LogP contribution in [0.3, 0.4) is 0 Å². The molecule has 1 rings (SSSR count). The first-order valence-corrected chi connectivity index (χ1v) is 5.80. The van der Waals surface area contributed by atoms with E-state index >= 15 is 0 Å². The molecule has 1 aliphatic rings. The van der Waals surface area contributed by atoms with Gasteiger partial charge in [-0.15, -0.1) is 0 Å². The number of alkyl halides is 3. The molecule has 0 aromatic rings. The molecule has 0 bridgehead atoms. The average molecular weight is 255 g/mol. The fraction of sp³-hybridized carbons (Fsp3) is 1.00. The number of halogens is 3. The zero-order valence-corrected chi connectivity index (χ0v) is 10.2. The first-order valence-electron chi connectivity index (χ1n) is 5.80. The van der Waals surface area contributed by atoms with Crippen molar-refractivity contribution in [3.8, 4) is 0 Å². The van der Waals surface area contributed by atoms with Gasteiger partial charge >= 0.3 is 6.18 Å². The summed E-state index contributed by atoms with van der Waals surface area (Å²) in [6.45, 7) is 1.63. The van der Waals surface area contributed by atoms with E-state index in [-0.39, 0.29) is 31.6 Å². The van der Waals surface area contributed by atoms with Gasteiger partial charge in [0.2, 0.25) is 0 Å². The zero-order valence-electron chi connectivity index (χ0n) is 10.2. The van der Waals surface area contributed by atoms with Gasteiger partial charge in [-0.1, -0.05) is 0 Å². The molecule has 0 spiro atoms. The summed E-state index contributed by atoms with van der Waals surface area (Å²) in [6, 6.07) is -0.145. The Morgan fingerprint density at radius 3 is 2.29 bits per heavy atom. The van der Waals surface area contributed by atoms with Crippen LogP contribution in [-0.2, 0) is 9.47 Å². The van der Waals surface area contributed by atoms with Crippen LogP contribution in [0.4, 0.5) is 13.2 Å². The van der Waals surface area contributed by atoms with Crippen LogP contribution in [0.15, 0.2) is 0 Å². The van der Waals surface area contributed by atoms with Gasteiger partial charge in [-0.05, 0) is 32.6 Å². The highest BCUT2D eigenvalue weighted by molar-refractivity contribution is 4.94. The van der Waals surface area contributed by atoms with Crippen LogP contribution in [0.1, 0.15) is 32.6 Å². The first kappa shape index (κ1) is 14.7. The predicted molar refractivity (Wildman–Crippen MR) is 57.7 cm³/mol. The van der Waals surface area contributed by atoms with Crippen molar-refractivity contribution in [3.63, 3.8) is 0 Å². The molecule has 0 radical (unpaired) electrons. The number of rotatable bonds is 4. The molecule has 6 heteroatoms. The lowest BCUT2D eigenvalue weighted by molar-refractivity contribution is -0.293. The molecule has 1 atom stereocenters. The minimum absolute atomic E-state index is 0.0503. The van der Waals surface area contributed by atoms with E-state index < -0.39 is 11.8 Å². The standard InChI is InChI=1S/C11H20F3NO2/c1-8(16-2)7-17-10(11(12,13)14)5-3-9(15)4-6-10/h8-9H,3-7,15H2,1-2H3/t8?,9-,10-. The Labute approximate surface area is 99.4 Å². The Bertz CT molecular complexity index is 237. The molecular formula is C11H20F3NO2. The molecule has 0 saturated heterocycles. The quantitative estimate of drug-likeness (QED) is 0.838. The summed E-state index contributed by atoms with van der Waals surface area (Å²) in [5.41, 5.74) is 3.60. The normalized spacial score (nSPS) is 32.5. The Morgan fingerprint density at radius 1 is 1.35 bits per heavy atom. The molecule has 0 heterocycles. The van der Waals surface area contributed by atoms with Gasteiger partial charge in [0.1, 0.15) is 0 Å². The summed E-state index contributed by atoms with van der Waals surface area (Å²) in [5, 5.41) is 0. The zero-order chi connectivity index (χ0) is 13.1. The molecule has 0 aromatic carbocycles. The van der Waals surface area contributed by atoms with Crippen LogP contribution in [-0.4, -0.2) is 37.6 Å². The van der Waals surface area contributed by atoms with Gasteiger partial charge in [0.15, 0.2) is 5.60 Å². The highest BCUT2D eigenvalue weighted by atomic mass is 19.4. The molecule has 102 valence electrons. The second-order valence-corrected chi connectivity index (χ2v) is 4.69. The van der Waals surface area contributed by atoms with Crippen molar-refractivity contribution >= 4 is 0 Å². The lowest BCUT2D eigenvalue weighted by Gasteiger charge is -2.40. The Morgan fingerprint density at radius 2 is 1.88 bits per heavy atom. The van der Waals surface area contributed by atoms with Crippen LogP contribution in [0.5, 0.6) is 0 Å². The van der Waals surface area contributed by atoms with Crippen molar-refractivity contribution in [1.29, 1.82) is 0 Å². The maximum atomic E-state index is 13.1. The molecule has 17 heavy (non-hydrogen) atoms. The van der Waals surface area contributed by atoms with Gasteiger partial charge in [-0.25, -0.2) is 0 Å². The fourth-order valence-corrected chi connectivity index (χ4v) is 1.96. The van der Waals surface area contributed by atoms with Crippen molar-refractivity contribution in [2.45, 2.75) is 56.5 Å². The average Bonchev–Trinajstić information content (AvgIpc) is 2.26. The van der Waals surface area contributed by atoms with E-state index in [1.807, 2.05) is 0 Å². The van der Waals surface area contributed by atoms with E-state index in [4.69, 9.17) is 15.2 Å². The molecule has 0 aliphatic heterocycles. The van der Waals surface area contributed by atoms with Crippen LogP contribution >= 0.6 is 0 Å². The van der Waals surface area contributed by atoms with Crippen molar-refractivity contribution in [3.05, 3.63) is 0 Å². The number of methoxy groups -OCH3 is 1. The first-order chi connectivity index (χ1) is 7.81. The lowest BCUT2D eigenvalue weighted by atomic mass is 9.81. The van der Waals surface area contributed by atoms with E-state index in [0.29, 0.717) is 12.8 Å². The summed E-state index contributed by atoms with van der Waals surface area (Å²) in [4.78, 5) is 0. The predicted octanol–water partition coefficient (Wildman–Crippen LogP) is 2.24. The maximum Gasteiger partial charge on any atom is 0.417 e. The molecule has 1 unspecified atom stereocenters. The maximum absolute atomic E-state index is 13.1. The lowest BCUT2D eigenvalue weighted by Crippen LogP contribution is -2.52. The van der Waals surface area contributed by atoms with E-state index in [1.54, 1.807) is 6.92 Å². The molecule has 3 nitrogen and oxygen atoms in total. The highest BCUT2D eigenvalue weighted by Crippen LogP contribution is 2.44. The highest BCUT2D eigenvalue weighted by Gasteiger charge is 2.56. The minimum atomic E-state index is -4.35. The molecule has 2 N–H and O–H groups in total. The summed E-state index contributed by atoms with van der Waals surface area (Å²) < 4.78 is 49.2. The largest absolute Gasteiger partial charge is 0.417 e. The second kappa shape index (κ2) is 5.54. The van der Waals surface area contributed by atoms with E-state index in [1.165, 1.54) is 7.11 Å². The fourth-order valence-electron chi connectivity index (χ4n) is 1.96. The van der Waals surface area contributed by atoms with Crippen molar-refractivity contribution in [2.75, 3.05) is 13.7 Å². The van der Waals surface area contributed by atoms with E-state index in [2.05, 4.69) is 0 Å². The summed E-state index contributed by atoms with van der Waals surface area (Å²) in [6.07, 6.45) is -4.12. The van der Waals surface area contributed by atoms with Gasteiger partial charge in [-0.3, -0.25) is 0 Å². The van der Waals surface area contributed by atoms with Crippen LogP contribution < -0.4 is 5.73 Å². The van der Waals surface area contributed by atoms with Gasteiger partial charge in [0.25, 0.3) is 0 Å². The number of hydrogen-bond donors (Lipinski definition) is 1. The third-order valence-corrected chi connectivity index (χ3v) is 3.35.